The molecule has 0 heteroatoms. The second-order valence-corrected chi connectivity index (χ2v) is 30.0. The highest BCUT2D eigenvalue weighted by Crippen LogP contribution is 2.56. The zero-order chi connectivity index (χ0) is 79.7. The normalized spacial score (nSPS) is 11.3. The summed E-state index contributed by atoms with van der Waals surface area (Å²) in [4.78, 5) is 0. The molecule has 0 bridgehead atoms. The minimum absolute atomic E-state index is 0.263. The van der Waals surface area contributed by atoms with Gasteiger partial charge in [0.15, 0.2) is 0 Å². The molecule has 0 amide bonds. The molecule has 0 atom stereocenters. The molecule has 18 aromatic rings. The van der Waals surface area contributed by atoms with Gasteiger partial charge in [-0.25, -0.2) is 0 Å². The summed E-state index contributed by atoms with van der Waals surface area (Å²) in [7, 11) is 0. The molecule has 0 saturated carbocycles. The Morgan fingerprint density at radius 3 is 0.807 bits per heavy atom. The van der Waals surface area contributed by atoms with Crippen LogP contribution in [0.3, 0.4) is 0 Å². The Labute approximate surface area is 678 Å². The Morgan fingerprint density at radius 2 is 0.395 bits per heavy atom. The van der Waals surface area contributed by atoms with E-state index in [0.717, 1.165) is 0 Å². The van der Waals surface area contributed by atoms with Gasteiger partial charge in [-0.3, -0.25) is 0 Å². The minimum atomic E-state index is -0.263. The molecule has 0 spiro atoms. The monoisotopic (exact) mass is 1470 g/mol. The van der Waals surface area contributed by atoms with E-state index in [1.54, 1.807) is 0 Å². The van der Waals surface area contributed by atoms with E-state index in [0.29, 0.717) is 0 Å². The van der Waals surface area contributed by atoms with Crippen molar-refractivity contribution in [2.75, 3.05) is 0 Å². The van der Waals surface area contributed by atoms with E-state index in [1.165, 1.54) is 193 Å². The molecule has 19 rings (SSSR count). The fraction of sp³-hybridized carbons (Fsp3) is 0.123. The number of aryl methyl sites for hydroxylation is 11. The topological polar surface area (TPSA) is 0 Å². The summed E-state index contributed by atoms with van der Waals surface area (Å²) in [5.41, 5.74) is 35.6. The van der Waals surface area contributed by atoms with Crippen LogP contribution in [0.2, 0.25) is 0 Å². The molecule has 1 aliphatic carbocycles. The first-order valence-electron chi connectivity index (χ1n) is 40.3. The average Bonchev–Trinajstić information content (AvgIpc) is 1.54. The quantitative estimate of drug-likeness (QED) is 0.149. The van der Waals surface area contributed by atoms with Gasteiger partial charge in [-0.1, -0.05) is 425 Å². The lowest BCUT2D eigenvalue weighted by atomic mass is 9.67. The number of fused-ring (bicyclic) bond motifs is 7. The zero-order valence-corrected chi connectivity index (χ0v) is 68.5. The van der Waals surface area contributed by atoms with Crippen LogP contribution in [-0.2, 0) is 5.41 Å². The Morgan fingerprint density at radius 1 is 0.149 bits per heavy atom. The smallest absolute Gasteiger partial charge is 0.0683 e. The van der Waals surface area contributed by atoms with Crippen LogP contribution in [0.1, 0.15) is 97.3 Å². The molecule has 560 valence electrons. The molecule has 18 aromatic carbocycles. The lowest BCUT2D eigenvalue weighted by molar-refractivity contribution is 0.767. The zero-order valence-electron chi connectivity index (χ0n) is 68.5. The molecule has 0 heterocycles. The molecular weight excluding hydrogens is 1370 g/mol. The van der Waals surface area contributed by atoms with Crippen LogP contribution in [0.25, 0.3) is 110 Å². The lowest BCUT2D eigenvalue weighted by Gasteiger charge is -2.34. The van der Waals surface area contributed by atoms with Gasteiger partial charge in [0.1, 0.15) is 0 Å². The molecule has 114 heavy (non-hydrogen) atoms. The highest BCUT2D eigenvalue weighted by molar-refractivity contribution is 6.02. The fourth-order valence-corrected chi connectivity index (χ4v) is 16.5. The van der Waals surface area contributed by atoms with E-state index in [1.807, 2.05) is 13.8 Å². The molecule has 0 unspecified atom stereocenters. The first-order valence-corrected chi connectivity index (χ1v) is 40.3. The first-order chi connectivity index (χ1) is 55.7. The molecule has 1 aliphatic rings. The van der Waals surface area contributed by atoms with Crippen molar-refractivity contribution in [3.63, 3.8) is 0 Å². The summed E-state index contributed by atoms with van der Waals surface area (Å²) in [5.74, 6) is 0. The summed E-state index contributed by atoms with van der Waals surface area (Å²) in [6, 6.07) is 141. The Hall–Kier alpha value is -13.0. The maximum absolute atomic E-state index is 2.34. The van der Waals surface area contributed by atoms with Crippen LogP contribution in [-0.4, -0.2) is 0 Å². The Balaban J connectivity index is 0.000000120. The van der Waals surface area contributed by atoms with E-state index in [-0.39, 0.29) is 5.41 Å². The third-order valence-electron chi connectivity index (χ3n) is 22.3. The minimum Gasteiger partial charge on any atom is -0.0683 e. The van der Waals surface area contributed by atoms with Crippen molar-refractivity contribution in [3.05, 3.63) is 478 Å². The van der Waals surface area contributed by atoms with Crippen LogP contribution >= 0.6 is 0 Å². The van der Waals surface area contributed by atoms with Crippen molar-refractivity contribution in [1.82, 2.24) is 0 Å². The standard InChI is InChI=1S/C26H20.4C18H16.C14H14.C2H6/c1-19-10-9-13-21(18-19)26(20-11-3-2-4-12-20)24-16-7-5-14-22(24)23-15-6-8-17-25(23)26;1-13-6-3-8-15(12-13)17-10-5-9-16-14(2)7-4-11-18(16)17;1-13-7-3-4-9-15(13)18-12-6-10-16-14(2)8-5-11-17(16)18;1-13-6-5-7-15(12-13)17-11-10-14(2)16-8-3-4-9-18(16)17;1-13-7-3-4-8-15(13)18-12-11-14(2)16-9-5-6-10-17(16)18;1-11-7-3-5-9-13(11)14-10-6-4-8-12(14)2;1-2/h2-18H,1H3;4*3-12H,1-2H3;3-10H,1-2H3;1-2H3. The van der Waals surface area contributed by atoms with Crippen molar-refractivity contribution in [3.8, 4) is 66.8 Å². The van der Waals surface area contributed by atoms with Crippen LogP contribution in [0.5, 0.6) is 0 Å². The number of rotatable bonds is 7. The van der Waals surface area contributed by atoms with Gasteiger partial charge in [-0.15, -0.1) is 0 Å². The van der Waals surface area contributed by atoms with Crippen LogP contribution < -0.4 is 0 Å². The maximum Gasteiger partial charge on any atom is 0.0713 e. The van der Waals surface area contributed by atoms with Crippen molar-refractivity contribution in [2.24, 2.45) is 0 Å². The van der Waals surface area contributed by atoms with Crippen LogP contribution in [0, 0.1) is 76.2 Å². The molecule has 0 aliphatic heterocycles. The summed E-state index contributed by atoms with van der Waals surface area (Å²) in [5, 5.41) is 10.7. The average molecular weight is 1470 g/mol. The molecule has 0 saturated heterocycles. The molecule has 0 N–H and O–H groups in total. The van der Waals surface area contributed by atoms with E-state index in [4.69, 9.17) is 0 Å². The lowest BCUT2D eigenvalue weighted by Crippen LogP contribution is -2.28. The van der Waals surface area contributed by atoms with Gasteiger partial charge >= 0.3 is 0 Å². The van der Waals surface area contributed by atoms with Gasteiger partial charge in [0.2, 0.25) is 0 Å². The maximum atomic E-state index is 2.34. The predicted octanol–water partition coefficient (Wildman–Crippen LogP) is 31.8. The van der Waals surface area contributed by atoms with Crippen LogP contribution in [0.15, 0.2) is 394 Å². The van der Waals surface area contributed by atoms with Gasteiger partial charge in [-0.05, 0) is 253 Å². The molecule has 0 nitrogen and oxygen atoms in total. The summed E-state index contributed by atoms with van der Waals surface area (Å²) in [6.45, 7) is 27.8. The van der Waals surface area contributed by atoms with Crippen molar-refractivity contribution in [2.45, 2.75) is 95.4 Å². The van der Waals surface area contributed by atoms with E-state index in [2.05, 4.69) is 470 Å². The van der Waals surface area contributed by atoms with Crippen LogP contribution in [0.4, 0.5) is 0 Å². The molecule has 0 aromatic heterocycles. The van der Waals surface area contributed by atoms with E-state index < -0.39 is 0 Å². The predicted molar refractivity (Wildman–Crippen MR) is 497 cm³/mol. The van der Waals surface area contributed by atoms with E-state index >= 15 is 0 Å². The first kappa shape index (κ1) is 79.1. The highest BCUT2D eigenvalue weighted by Gasteiger charge is 2.45. The molecule has 0 fully saturated rings. The van der Waals surface area contributed by atoms with Gasteiger partial charge < -0.3 is 0 Å². The van der Waals surface area contributed by atoms with Gasteiger partial charge in [0, 0.05) is 0 Å². The summed E-state index contributed by atoms with van der Waals surface area (Å²) >= 11 is 0. The van der Waals surface area contributed by atoms with Gasteiger partial charge in [0.25, 0.3) is 0 Å². The van der Waals surface area contributed by atoms with Crippen molar-refractivity contribution < 1.29 is 0 Å². The SMILES string of the molecule is CC.Cc1cccc(-c2ccc(C)c3ccccc23)c1.Cc1cccc(-c2cccc3c(C)cccc23)c1.Cc1cccc(C2(c3ccccc3)c3ccccc3-c3ccccc32)c1.Cc1ccccc1-c1ccc(C)c2ccccc12.Cc1ccccc1-c1cccc2c(C)cccc12.Cc1ccccc1-c1ccccc1C. The molecular formula is C114H104. The number of hydrogen-bond donors (Lipinski definition) is 0. The summed E-state index contributed by atoms with van der Waals surface area (Å²) in [6.07, 6.45) is 0. The van der Waals surface area contributed by atoms with E-state index in [9.17, 15) is 0 Å². The highest BCUT2D eigenvalue weighted by atomic mass is 14.5. The summed E-state index contributed by atoms with van der Waals surface area (Å²) < 4.78 is 0. The second kappa shape index (κ2) is 36.9. The van der Waals surface area contributed by atoms with Crippen molar-refractivity contribution >= 4 is 43.1 Å². The Kier molecular flexibility index (Phi) is 25.6. The third-order valence-corrected chi connectivity index (χ3v) is 22.3. The van der Waals surface area contributed by atoms with Gasteiger partial charge in [-0.2, -0.15) is 0 Å². The fourth-order valence-electron chi connectivity index (χ4n) is 16.5. The number of hydrogen-bond acceptors (Lipinski definition) is 0. The largest absolute Gasteiger partial charge is 0.0713 e. The Bertz CT molecular complexity index is 6090. The third kappa shape index (κ3) is 17.2. The molecule has 0 radical (unpaired) electrons. The second-order valence-electron chi connectivity index (χ2n) is 30.0. The number of benzene rings is 18. The van der Waals surface area contributed by atoms with Gasteiger partial charge in [0.05, 0.1) is 5.41 Å². The van der Waals surface area contributed by atoms with Crippen molar-refractivity contribution in [1.29, 1.82) is 0 Å².